The number of anilines is 1. The van der Waals surface area contributed by atoms with Gasteiger partial charge < -0.3 is 10.5 Å². The van der Waals surface area contributed by atoms with Crippen molar-refractivity contribution in [1.82, 2.24) is 9.62 Å². The van der Waals surface area contributed by atoms with E-state index in [0.29, 0.717) is 25.4 Å². The normalized spacial score (nSPS) is 17.0. The number of nitrogens with two attached hydrogens (primary N) is 1. The third-order valence-electron chi connectivity index (χ3n) is 3.11. The lowest BCUT2D eigenvalue weighted by Crippen LogP contribution is -2.41. The number of halogens is 2. The van der Waals surface area contributed by atoms with Crippen LogP contribution >= 0.6 is 23.2 Å². The lowest BCUT2D eigenvalue weighted by atomic mass is 10.3. The molecular weight excluding hydrogens is 337 g/mol. The smallest absolute Gasteiger partial charge is 0.243 e. The van der Waals surface area contributed by atoms with Gasteiger partial charge in [-0.3, -0.25) is 4.90 Å². The summed E-state index contributed by atoms with van der Waals surface area (Å²) in [6.45, 7) is 3.81. The average molecular weight is 354 g/mol. The Morgan fingerprint density at radius 3 is 2.38 bits per heavy atom. The summed E-state index contributed by atoms with van der Waals surface area (Å²) < 4.78 is 32.3. The van der Waals surface area contributed by atoms with Crippen molar-refractivity contribution in [2.75, 3.05) is 45.1 Å². The van der Waals surface area contributed by atoms with E-state index < -0.39 is 10.0 Å². The van der Waals surface area contributed by atoms with Crippen LogP contribution in [0.25, 0.3) is 0 Å². The SMILES string of the molecule is Nc1cc(Cl)c(S(=O)(=O)NCCN2CCOCC2)c(Cl)c1. The Bertz CT molecular complexity index is 581. The van der Waals surface area contributed by atoms with Crippen molar-refractivity contribution in [1.29, 1.82) is 0 Å². The van der Waals surface area contributed by atoms with Crippen LogP contribution in [-0.2, 0) is 14.8 Å². The molecule has 6 nitrogen and oxygen atoms in total. The van der Waals surface area contributed by atoms with Gasteiger partial charge in [-0.15, -0.1) is 0 Å². The first-order valence-electron chi connectivity index (χ1n) is 6.44. The number of hydrogen-bond donors (Lipinski definition) is 2. The fourth-order valence-electron chi connectivity index (χ4n) is 2.07. The van der Waals surface area contributed by atoms with Crippen LogP contribution in [0.5, 0.6) is 0 Å². The zero-order valence-corrected chi connectivity index (χ0v) is 13.6. The number of nitrogen functional groups attached to an aromatic ring is 1. The third-order valence-corrected chi connectivity index (χ3v) is 5.49. The van der Waals surface area contributed by atoms with Crippen molar-refractivity contribution in [3.05, 3.63) is 22.2 Å². The van der Waals surface area contributed by atoms with Gasteiger partial charge in [0.2, 0.25) is 10.0 Å². The maximum absolute atomic E-state index is 12.3. The molecule has 0 radical (unpaired) electrons. The molecule has 0 amide bonds. The molecule has 0 aromatic heterocycles. The molecule has 0 unspecified atom stereocenters. The highest BCUT2D eigenvalue weighted by Gasteiger charge is 2.22. The monoisotopic (exact) mass is 353 g/mol. The average Bonchev–Trinajstić information content (AvgIpc) is 2.38. The molecule has 1 aliphatic heterocycles. The van der Waals surface area contributed by atoms with Gasteiger partial charge >= 0.3 is 0 Å². The van der Waals surface area contributed by atoms with Gasteiger partial charge in [0.05, 0.1) is 23.3 Å². The largest absolute Gasteiger partial charge is 0.399 e. The molecule has 2 rings (SSSR count). The van der Waals surface area contributed by atoms with E-state index in [4.69, 9.17) is 33.7 Å². The van der Waals surface area contributed by atoms with Crippen LogP contribution in [0, 0.1) is 0 Å². The fourth-order valence-corrected chi connectivity index (χ4v) is 4.32. The van der Waals surface area contributed by atoms with E-state index in [1.165, 1.54) is 12.1 Å². The molecular formula is C12H17Cl2N3O3S. The van der Waals surface area contributed by atoms with Crippen molar-refractivity contribution in [2.45, 2.75) is 4.90 Å². The van der Waals surface area contributed by atoms with E-state index in [1.54, 1.807) is 0 Å². The van der Waals surface area contributed by atoms with Gasteiger partial charge in [0.15, 0.2) is 0 Å². The zero-order chi connectivity index (χ0) is 15.5. The van der Waals surface area contributed by atoms with Crippen LogP contribution < -0.4 is 10.5 Å². The summed E-state index contributed by atoms with van der Waals surface area (Å²) in [5.74, 6) is 0. The van der Waals surface area contributed by atoms with Gasteiger partial charge in [0.1, 0.15) is 4.90 Å². The van der Waals surface area contributed by atoms with Gasteiger partial charge in [0, 0.05) is 31.9 Å². The first kappa shape index (κ1) is 16.8. The van der Waals surface area contributed by atoms with Crippen molar-refractivity contribution in [3.63, 3.8) is 0 Å². The molecule has 0 atom stereocenters. The van der Waals surface area contributed by atoms with Gasteiger partial charge in [0.25, 0.3) is 0 Å². The predicted octanol–water partition coefficient (Wildman–Crippen LogP) is 1.19. The molecule has 0 bridgehead atoms. The van der Waals surface area contributed by atoms with Crippen LogP contribution in [0.1, 0.15) is 0 Å². The first-order chi connectivity index (χ1) is 9.90. The lowest BCUT2D eigenvalue weighted by Gasteiger charge is -2.26. The second-order valence-electron chi connectivity index (χ2n) is 4.67. The second-order valence-corrected chi connectivity index (χ2v) is 7.18. The Balaban J connectivity index is 2.01. The molecule has 0 saturated carbocycles. The van der Waals surface area contributed by atoms with E-state index in [-0.39, 0.29) is 21.5 Å². The maximum Gasteiger partial charge on any atom is 0.243 e. The lowest BCUT2D eigenvalue weighted by molar-refractivity contribution is 0.0390. The molecule has 118 valence electrons. The van der Waals surface area contributed by atoms with Gasteiger partial charge in [-0.1, -0.05) is 23.2 Å². The van der Waals surface area contributed by atoms with Crippen LogP contribution in [-0.4, -0.2) is 52.7 Å². The number of hydrogen-bond acceptors (Lipinski definition) is 5. The number of nitrogens with one attached hydrogen (secondary N) is 1. The van der Waals surface area contributed by atoms with Crippen LogP contribution in [0.2, 0.25) is 10.0 Å². The van der Waals surface area contributed by atoms with Gasteiger partial charge in [-0.05, 0) is 12.1 Å². The number of sulfonamides is 1. The summed E-state index contributed by atoms with van der Waals surface area (Å²) in [4.78, 5) is 1.99. The molecule has 21 heavy (non-hydrogen) atoms. The highest BCUT2D eigenvalue weighted by molar-refractivity contribution is 7.89. The third kappa shape index (κ3) is 4.45. The van der Waals surface area contributed by atoms with E-state index in [9.17, 15) is 8.42 Å². The summed E-state index contributed by atoms with van der Waals surface area (Å²) in [6.07, 6.45) is 0. The molecule has 0 aliphatic carbocycles. The van der Waals surface area contributed by atoms with E-state index in [1.807, 2.05) is 0 Å². The minimum atomic E-state index is -3.77. The molecule has 1 fully saturated rings. The highest BCUT2D eigenvalue weighted by Crippen LogP contribution is 2.31. The predicted molar refractivity (Wildman–Crippen MR) is 83.3 cm³/mol. The minimum Gasteiger partial charge on any atom is -0.399 e. The molecule has 1 saturated heterocycles. The minimum absolute atomic E-state index is 0.0128. The van der Waals surface area contributed by atoms with E-state index >= 15 is 0 Å². The summed E-state index contributed by atoms with van der Waals surface area (Å²) in [5.41, 5.74) is 5.88. The van der Waals surface area contributed by atoms with Gasteiger partial charge in [-0.25, -0.2) is 13.1 Å². The molecule has 1 aromatic carbocycles. The second kappa shape index (κ2) is 7.13. The van der Waals surface area contributed by atoms with Crippen LogP contribution in [0.4, 0.5) is 5.69 Å². The molecule has 1 heterocycles. The number of ether oxygens (including phenoxy) is 1. The summed E-state index contributed by atoms with van der Waals surface area (Å²) in [7, 11) is -3.77. The summed E-state index contributed by atoms with van der Waals surface area (Å²) >= 11 is 11.9. The van der Waals surface area contributed by atoms with E-state index in [2.05, 4.69) is 9.62 Å². The topological polar surface area (TPSA) is 84.7 Å². The van der Waals surface area contributed by atoms with Crippen molar-refractivity contribution < 1.29 is 13.2 Å². The van der Waals surface area contributed by atoms with Crippen molar-refractivity contribution in [2.24, 2.45) is 0 Å². The highest BCUT2D eigenvalue weighted by atomic mass is 35.5. The Kier molecular flexibility index (Phi) is 5.70. The van der Waals surface area contributed by atoms with E-state index in [0.717, 1.165) is 13.1 Å². The van der Waals surface area contributed by atoms with Gasteiger partial charge in [-0.2, -0.15) is 0 Å². The summed E-state index contributed by atoms with van der Waals surface area (Å²) in [5, 5.41) is 0.0257. The Morgan fingerprint density at radius 2 is 1.81 bits per heavy atom. The quantitative estimate of drug-likeness (QED) is 0.776. The number of rotatable bonds is 5. The number of morpholine rings is 1. The maximum atomic E-state index is 12.3. The molecule has 3 N–H and O–H groups in total. The summed E-state index contributed by atoms with van der Waals surface area (Å²) in [6, 6.07) is 2.73. The fraction of sp³-hybridized carbons (Fsp3) is 0.500. The first-order valence-corrected chi connectivity index (χ1v) is 8.68. The molecule has 9 heteroatoms. The molecule has 1 aromatic rings. The molecule has 0 spiro atoms. The standard InChI is InChI=1S/C12H17Cl2N3O3S/c13-10-7-9(15)8-11(14)12(10)21(18,19)16-1-2-17-3-5-20-6-4-17/h7-8,16H,1-6,15H2. The van der Waals surface area contributed by atoms with Crippen molar-refractivity contribution in [3.8, 4) is 0 Å². The van der Waals surface area contributed by atoms with Crippen molar-refractivity contribution >= 4 is 38.9 Å². The van der Waals surface area contributed by atoms with Crippen LogP contribution in [0.15, 0.2) is 17.0 Å². The number of benzene rings is 1. The molecule has 1 aliphatic rings. The Morgan fingerprint density at radius 1 is 1.24 bits per heavy atom. The zero-order valence-electron chi connectivity index (χ0n) is 11.3. The Labute approximate surface area is 134 Å². The number of nitrogens with zero attached hydrogens (tertiary/aromatic N) is 1. The Hall–Kier alpha value is -0.570. The van der Waals surface area contributed by atoms with Crippen LogP contribution in [0.3, 0.4) is 0 Å².